The molecule has 0 bridgehead atoms. The van der Waals surface area contributed by atoms with E-state index in [9.17, 15) is 4.79 Å². The maximum absolute atomic E-state index is 11.8. The van der Waals surface area contributed by atoms with Gasteiger partial charge in [0.25, 0.3) is 5.91 Å². The molecule has 0 atom stereocenters. The van der Waals surface area contributed by atoms with Crippen LogP contribution in [0.5, 0.6) is 0 Å². The number of nitrogens with zero attached hydrogens (tertiary/aromatic N) is 2. The van der Waals surface area contributed by atoms with Crippen molar-refractivity contribution in [2.75, 3.05) is 40.4 Å². The quantitative estimate of drug-likeness (QED) is 0.446. The summed E-state index contributed by atoms with van der Waals surface area (Å²) in [5, 5.41) is 3.37. The first-order valence-corrected chi connectivity index (χ1v) is 6.96. The number of halogens is 1. The van der Waals surface area contributed by atoms with E-state index in [4.69, 9.17) is 22.1 Å². The van der Waals surface area contributed by atoms with Crippen LogP contribution < -0.4 is 11.1 Å². The van der Waals surface area contributed by atoms with Crippen molar-refractivity contribution in [2.24, 2.45) is 10.7 Å². The molecule has 0 aliphatic heterocycles. The number of nitrogens with one attached hydrogen (secondary N) is 1. The number of ether oxygens (including phenoxy) is 1. The molecule has 0 saturated carbocycles. The predicted molar refractivity (Wildman–Crippen MR) is 84.8 cm³/mol. The van der Waals surface area contributed by atoms with E-state index in [0.29, 0.717) is 42.8 Å². The molecule has 1 rings (SSSR count). The van der Waals surface area contributed by atoms with Gasteiger partial charge in [-0.15, -0.1) is 0 Å². The van der Waals surface area contributed by atoms with Gasteiger partial charge < -0.3 is 20.7 Å². The fourth-order valence-electron chi connectivity index (χ4n) is 1.51. The van der Waals surface area contributed by atoms with Gasteiger partial charge in [0.1, 0.15) is 0 Å². The van der Waals surface area contributed by atoms with Crippen molar-refractivity contribution in [1.29, 1.82) is 0 Å². The highest BCUT2D eigenvalue weighted by Crippen LogP contribution is 2.09. The molecule has 21 heavy (non-hydrogen) atoms. The highest BCUT2D eigenvalue weighted by molar-refractivity contribution is 6.30. The molecule has 1 aromatic carbocycles. The average Bonchev–Trinajstić information content (AvgIpc) is 2.49. The lowest BCUT2D eigenvalue weighted by Crippen LogP contribution is -2.37. The van der Waals surface area contributed by atoms with Crippen molar-refractivity contribution in [3.63, 3.8) is 0 Å². The molecule has 0 aromatic heterocycles. The summed E-state index contributed by atoms with van der Waals surface area (Å²) in [4.78, 5) is 17.8. The number of likely N-dealkylation sites (N-methyl/N-ethyl adjacent to an activating group) is 1. The number of methoxy groups -OCH3 is 1. The van der Waals surface area contributed by atoms with E-state index in [1.807, 2.05) is 7.05 Å². The molecule has 0 heterocycles. The standard InChI is InChI=1S/C14H21ClN4O2/c1-19(9-10-21-2)14(16)18-8-7-17-13(20)11-3-5-12(15)6-4-11/h3-6H,7-10H2,1-2H3,(H2,16,18)(H,17,20). The number of carbonyl (C=O) groups excluding carboxylic acids is 1. The van der Waals surface area contributed by atoms with Crippen molar-refractivity contribution in [3.05, 3.63) is 34.9 Å². The minimum absolute atomic E-state index is 0.159. The summed E-state index contributed by atoms with van der Waals surface area (Å²) in [6.45, 7) is 2.09. The van der Waals surface area contributed by atoms with Gasteiger partial charge in [0, 0.05) is 37.8 Å². The van der Waals surface area contributed by atoms with Crippen LogP contribution >= 0.6 is 11.6 Å². The average molecular weight is 313 g/mol. The Morgan fingerprint density at radius 2 is 2.10 bits per heavy atom. The van der Waals surface area contributed by atoms with Gasteiger partial charge in [-0.2, -0.15) is 0 Å². The molecule has 0 saturated heterocycles. The van der Waals surface area contributed by atoms with E-state index in [1.165, 1.54) is 0 Å². The number of aliphatic imine (C=N–C) groups is 1. The molecular weight excluding hydrogens is 292 g/mol. The fraction of sp³-hybridized carbons (Fsp3) is 0.429. The summed E-state index contributed by atoms with van der Waals surface area (Å²) in [7, 11) is 3.47. The zero-order chi connectivity index (χ0) is 15.7. The molecule has 6 nitrogen and oxygen atoms in total. The number of amides is 1. The van der Waals surface area contributed by atoms with Crippen molar-refractivity contribution in [2.45, 2.75) is 0 Å². The van der Waals surface area contributed by atoms with E-state index in [1.54, 1.807) is 36.3 Å². The lowest BCUT2D eigenvalue weighted by molar-refractivity contribution is 0.0955. The molecule has 0 fully saturated rings. The lowest BCUT2D eigenvalue weighted by atomic mass is 10.2. The minimum atomic E-state index is -0.159. The van der Waals surface area contributed by atoms with Crippen molar-refractivity contribution >= 4 is 23.5 Å². The van der Waals surface area contributed by atoms with Crippen LogP contribution in [-0.2, 0) is 4.74 Å². The smallest absolute Gasteiger partial charge is 0.251 e. The van der Waals surface area contributed by atoms with E-state index >= 15 is 0 Å². The Bertz CT molecular complexity index is 476. The molecule has 1 aromatic rings. The molecule has 0 aliphatic carbocycles. The Hall–Kier alpha value is -1.79. The zero-order valence-corrected chi connectivity index (χ0v) is 13.1. The number of hydrogen-bond donors (Lipinski definition) is 2. The van der Waals surface area contributed by atoms with E-state index in [-0.39, 0.29) is 5.91 Å². The van der Waals surface area contributed by atoms with Crippen molar-refractivity contribution in [1.82, 2.24) is 10.2 Å². The van der Waals surface area contributed by atoms with Gasteiger partial charge in [0.2, 0.25) is 0 Å². The summed E-state index contributed by atoms with van der Waals surface area (Å²) < 4.78 is 4.96. The Labute approximate surface area is 129 Å². The Balaban J connectivity index is 2.32. The van der Waals surface area contributed by atoms with E-state index in [2.05, 4.69) is 10.3 Å². The van der Waals surface area contributed by atoms with Gasteiger partial charge >= 0.3 is 0 Å². The van der Waals surface area contributed by atoms with E-state index in [0.717, 1.165) is 0 Å². The first kappa shape index (κ1) is 17.3. The number of rotatable bonds is 7. The van der Waals surface area contributed by atoms with Gasteiger partial charge in [0.05, 0.1) is 13.2 Å². The number of hydrogen-bond acceptors (Lipinski definition) is 3. The largest absolute Gasteiger partial charge is 0.383 e. The first-order valence-electron chi connectivity index (χ1n) is 6.58. The number of nitrogens with two attached hydrogens (primary N) is 1. The van der Waals surface area contributed by atoms with Crippen LogP contribution in [0, 0.1) is 0 Å². The van der Waals surface area contributed by atoms with Gasteiger partial charge in [-0.25, -0.2) is 0 Å². The Morgan fingerprint density at radius 3 is 2.71 bits per heavy atom. The molecule has 3 N–H and O–H groups in total. The van der Waals surface area contributed by atoms with Crippen LogP contribution in [0.15, 0.2) is 29.3 Å². The predicted octanol–water partition coefficient (Wildman–Crippen LogP) is 0.963. The third-order valence-corrected chi connectivity index (χ3v) is 3.05. The van der Waals surface area contributed by atoms with Gasteiger partial charge in [-0.1, -0.05) is 11.6 Å². The van der Waals surface area contributed by atoms with Gasteiger partial charge in [0.15, 0.2) is 5.96 Å². The van der Waals surface area contributed by atoms with Gasteiger partial charge in [-0.3, -0.25) is 9.79 Å². The molecule has 116 valence electrons. The molecule has 0 aliphatic rings. The second-order valence-corrected chi connectivity index (χ2v) is 4.85. The normalized spacial score (nSPS) is 11.3. The summed E-state index contributed by atoms with van der Waals surface area (Å²) in [6, 6.07) is 6.70. The Morgan fingerprint density at radius 1 is 1.43 bits per heavy atom. The third kappa shape index (κ3) is 6.46. The van der Waals surface area contributed by atoms with Crippen LogP contribution in [0.3, 0.4) is 0 Å². The molecular formula is C14H21ClN4O2. The van der Waals surface area contributed by atoms with Crippen LogP contribution in [0.1, 0.15) is 10.4 Å². The number of benzene rings is 1. The maximum atomic E-state index is 11.8. The van der Waals surface area contributed by atoms with Crippen LogP contribution in [0.4, 0.5) is 0 Å². The van der Waals surface area contributed by atoms with Crippen LogP contribution in [-0.4, -0.2) is 57.2 Å². The third-order valence-electron chi connectivity index (χ3n) is 2.80. The van der Waals surface area contributed by atoms with E-state index < -0.39 is 0 Å². The Kier molecular flexibility index (Phi) is 7.56. The molecule has 7 heteroatoms. The lowest BCUT2D eigenvalue weighted by Gasteiger charge is -2.17. The van der Waals surface area contributed by atoms with Crippen molar-refractivity contribution in [3.8, 4) is 0 Å². The van der Waals surface area contributed by atoms with Gasteiger partial charge in [-0.05, 0) is 24.3 Å². The second kappa shape index (κ2) is 9.20. The molecule has 0 unspecified atom stereocenters. The molecule has 0 spiro atoms. The first-order chi connectivity index (χ1) is 10.0. The highest BCUT2D eigenvalue weighted by atomic mass is 35.5. The summed E-state index contributed by atoms with van der Waals surface area (Å²) in [5.74, 6) is 0.265. The zero-order valence-electron chi connectivity index (χ0n) is 12.3. The molecule has 0 radical (unpaired) electrons. The second-order valence-electron chi connectivity index (χ2n) is 4.42. The fourth-order valence-corrected chi connectivity index (χ4v) is 1.63. The van der Waals surface area contributed by atoms with Crippen LogP contribution in [0.25, 0.3) is 0 Å². The van der Waals surface area contributed by atoms with Crippen molar-refractivity contribution < 1.29 is 9.53 Å². The number of guanidine groups is 1. The monoisotopic (exact) mass is 312 g/mol. The minimum Gasteiger partial charge on any atom is -0.383 e. The summed E-state index contributed by atoms with van der Waals surface area (Å²) in [6.07, 6.45) is 0. The topological polar surface area (TPSA) is 80.0 Å². The maximum Gasteiger partial charge on any atom is 0.251 e. The number of carbonyl (C=O) groups is 1. The highest BCUT2D eigenvalue weighted by Gasteiger charge is 2.04. The summed E-state index contributed by atoms with van der Waals surface area (Å²) >= 11 is 5.77. The molecule has 1 amide bonds. The summed E-state index contributed by atoms with van der Waals surface area (Å²) in [5.41, 5.74) is 6.36. The SMILES string of the molecule is COCCN(C)C(N)=NCCNC(=O)c1ccc(Cl)cc1. The van der Waals surface area contributed by atoms with Crippen LogP contribution in [0.2, 0.25) is 5.02 Å².